The van der Waals surface area contributed by atoms with Gasteiger partial charge in [0.2, 0.25) is 12.7 Å². The molecule has 0 saturated carbocycles. The second-order valence-corrected chi connectivity index (χ2v) is 9.68. The second-order valence-electron chi connectivity index (χ2n) is 9.68. The number of nitrogens with zero attached hydrogens (tertiary/aromatic N) is 2. The molecule has 4 rings (SSSR count). The maximum Gasteiger partial charge on any atom is 0.408 e. The Bertz CT molecular complexity index is 997. The molecule has 1 atom stereocenters. The molecule has 1 N–H and O–H groups in total. The van der Waals surface area contributed by atoms with Gasteiger partial charge in [-0.15, -0.1) is 0 Å². The van der Waals surface area contributed by atoms with Crippen LogP contribution >= 0.6 is 0 Å². The van der Waals surface area contributed by atoms with E-state index in [2.05, 4.69) is 10.2 Å². The summed E-state index contributed by atoms with van der Waals surface area (Å²) in [6.45, 7) is 9.17. The van der Waals surface area contributed by atoms with Crippen LogP contribution in [-0.2, 0) is 22.5 Å². The average molecular weight is 468 g/mol. The van der Waals surface area contributed by atoms with Crippen molar-refractivity contribution < 1.29 is 23.8 Å². The summed E-state index contributed by atoms with van der Waals surface area (Å²) in [5.74, 6) is 1.47. The Labute approximate surface area is 200 Å². The minimum atomic E-state index is -0.683. The van der Waals surface area contributed by atoms with Crippen molar-refractivity contribution in [2.45, 2.75) is 45.4 Å². The lowest BCUT2D eigenvalue weighted by Gasteiger charge is -2.36. The van der Waals surface area contributed by atoms with Crippen LogP contribution < -0.4 is 14.8 Å². The predicted molar refractivity (Wildman–Crippen MR) is 128 cm³/mol. The van der Waals surface area contributed by atoms with Gasteiger partial charge in [0.25, 0.3) is 0 Å². The van der Waals surface area contributed by atoms with Gasteiger partial charge < -0.3 is 24.4 Å². The largest absolute Gasteiger partial charge is 0.454 e. The minimum absolute atomic E-state index is 0.0857. The van der Waals surface area contributed by atoms with Gasteiger partial charge in [-0.1, -0.05) is 36.4 Å². The number of piperazine rings is 1. The molecule has 0 aliphatic carbocycles. The fourth-order valence-electron chi connectivity index (χ4n) is 4.14. The maximum absolute atomic E-state index is 13.4. The summed E-state index contributed by atoms with van der Waals surface area (Å²) in [4.78, 5) is 30.0. The van der Waals surface area contributed by atoms with Crippen molar-refractivity contribution in [1.29, 1.82) is 0 Å². The summed E-state index contributed by atoms with van der Waals surface area (Å²) in [6, 6.07) is 15.0. The van der Waals surface area contributed by atoms with E-state index in [4.69, 9.17) is 14.2 Å². The van der Waals surface area contributed by atoms with Crippen LogP contribution in [0.1, 0.15) is 31.9 Å². The van der Waals surface area contributed by atoms with Crippen LogP contribution in [0.4, 0.5) is 4.79 Å². The molecule has 8 heteroatoms. The van der Waals surface area contributed by atoms with E-state index in [-0.39, 0.29) is 12.7 Å². The number of carbonyl (C=O) groups is 2. The smallest absolute Gasteiger partial charge is 0.408 e. The van der Waals surface area contributed by atoms with Gasteiger partial charge in [-0.2, -0.15) is 0 Å². The second kappa shape index (κ2) is 10.3. The van der Waals surface area contributed by atoms with Gasteiger partial charge in [-0.3, -0.25) is 9.69 Å². The average Bonchev–Trinajstić information content (AvgIpc) is 3.26. The fraction of sp³-hybridized carbons (Fsp3) is 0.462. The third-order valence-electron chi connectivity index (χ3n) is 5.80. The standard InChI is InChI=1S/C26H33N3O5/c1-26(2,3)34-25(31)27-21(15-19-7-5-4-6-8-19)24(30)29-13-11-28(12-14-29)17-20-9-10-22-23(16-20)33-18-32-22/h4-10,16,21H,11-15,17-18H2,1-3H3,(H,27,31). The number of nitrogens with one attached hydrogen (secondary N) is 1. The summed E-state index contributed by atoms with van der Waals surface area (Å²) in [7, 11) is 0. The van der Waals surface area contributed by atoms with Gasteiger partial charge in [-0.05, 0) is 44.0 Å². The molecule has 34 heavy (non-hydrogen) atoms. The third kappa shape index (κ3) is 6.41. The summed E-state index contributed by atoms with van der Waals surface area (Å²) in [5, 5.41) is 2.80. The highest BCUT2D eigenvalue weighted by atomic mass is 16.7. The number of carbonyl (C=O) groups excluding carboxylic acids is 2. The molecule has 2 aliphatic heterocycles. The first-order valence-electron chi connectivity index (χ1n) is 11.7. The monoisotopic (exact) mass is 467 g/mol. The van der Waals surface area contributed by atoms with Crippen molar-refractivity contribution in [3.8, 4) is 11.5 Å². The van der Waals surface area contributed by atoms with Crippen LogP contribution in [0, 0.1) is 0 Å². The zero-order chi connectivity index (χ0) is 24.1. The zero-order valence-corrected chi connectivity index (χ0v) is 20.1. The van der Waals surface area contributed by atoms with Crippen LogP contribution in [0.5, 0.6) is 11.5 Å². The number of hydrogen-bond donors (Lipinski definition) is 1. The van der Waals surface area contributed by atoms with Gasteiger partial charge in [-0.25, -0.2) is 4.79 Å². The number of ether oxygens (including phenoxy) is 3. The molecule has 2 amide bonds. The van der Waals surface area contributed by atoms with E-state index in [9.17, 15) is 9.59 Å². The number of alkyl carbamates (subject to hydrolysis) is 1. The van der Waals surface area contributed by atoms with Crippen LogP contribution in [0.3, 0.4) is 0 Å². The lowest BCUT2D eigenvalue weighted by molar-refractivity contribution is -0.135. The van der Waals surface area contributed by atoms with Crippen molar-refractivity contribution in [1.82, 2.24) is 15.1 Å². The molecule has 2 aromatic carbocycles. The number of rotatable bonds is 6. The van der Waals surface area contributed by atoms with Crippen molar-refractivity contribution in [2.24, 2.45) is 0 Å². The van der Waals surface area contributed by atoms with Crippen molar-refractivity contribution in [2.75, 3.05) is 33.0 Å². The van der Waals surface area contributed by atoms with Crippen LogP contribution in [-0.4, -0.2) is 66.4 Å². The third-order valence-corrected chi connectivity index (χ3v) is 5.80. The molecule has 2 aliphatic rings. The Morgan fingerprint density at radius 2 is 1.68 bits per heavy atom. The molecule has 0 aromatic heterocycles. The van der Waals surface area contributed by atoms with Gasteiger partial charge in [0.15, 0.2) is 11.5 Å². The quantitative estimate of drug-likeness (QED) is 0.703. The highest BCUT2D eigenvalue weighted by Crippen LogP contribution is 2.32. The Hall–Kier alpha value is -3.26. The Morgan fingerprint density at radius 1 is 0.971 bits per heavy atom. The molecule has 0 bridgehead atoms. The minimum Gasteiger partial charge on any atom is -0.454 e. The molecule has 182 valence electrons. The topological polar surface area (TPSA) is 80.3 Å². The van der Waals surface area contributed by atoms with Crippen molar-refractivity contribution in [3.05, 3.63) is 59.7 Å². The number of amides is 2. The SMILES string of the molecule is CC(C)(C)OC(=O)NC(Cc1ccccc1)C(=O)N1CCN(Cc2ccc3c(c2)OCO3)CC1. The van der Waals surface area contributed by atoms with Crippen LogP contribution in [0.15, 0.2) is 48.5 Å². The number of fused-ring (bicyclic) bond motifs is 1. The highest BCUT2D eigenvalue weighted by molar-refractivity contribution is 5.86. The van der Waals surface area contributed by atoms with Crippen LogP contribution in [0.25, 0.3) is 0 Å². The molecule has 0 radical (unpaired) electrons. The fourth-order valence-corrected chi connectivity index (χ4v) is 4.14. The van der Waals surface area contributed by atoms with Gasteiger partial charge in [0.1, 0.15) is 11.6 Å². The van der Waals surface area contributed by atoms with E-state index in [1.54, 1.807) is 20.8 Å². The summed E-state index contributed by atoms with van der Waals surface area (Å²) < 4.78 is 16.3. The Morgan fingerprint density at radius 3 is 2.38 bits per heavy atom. The lowest BCUT2D eigenvalue weighted by atomic mass is 10.0. The van der Waals surface area contributed by atoms with Crippen molar-refractivity contribution >= 4 is 12.0 Å². The maximum atomic E-state index is 13.4. The molecule has 2 aromatic rings. The highest BCUT2D eigenvalue weighted by Gasteiger charge is 2.30. The molecule has 1 saturated heterocycles. The van der Waals surface area contributed by atoms with Gasteiger partial charge >= 0.3 is 6.09 Å². The Kier molecular flexibility index (Phi) is 7.26. The van der Waals surface area contributed by atoms with E-state index in [1.807, 2.05) is 53.4 Å². The summed E-state index contributed by atoms with van der Waals surface area (Å²) >= 11 is 0. The summed E-state index contributed by atoms with van der Waals surface area (Å²) in [5.41, 5.74) is 1.50. The molecule has 2 heterocycles. The van der Waals surface area contributed by atoms with Gasteiger partial charge in [0, 0.05) is 39.1 Å². The predicted octanol–water partition coefficient (Wildman–Crippen LogP) is 3.20. The summed E-state index contributed by atoms with van der Waals surface area (Å²) in [6.07, 6.45) is -0.167. The van der Waals surface area contributed by atoms with E-state index < -0.39 is 17.7 Å². The Balaban J connectivity index is 1.35. The normalized spacial score (nSPS) is 16.7. The number of hydrogen-bond acceptors (Lipinski definition) is 6. The lowest BCUT2D eigenvalue weighted by Crippen LogP contribution is -2.55. The number of benzene rings is 2. The first-order chi connectivity index (χ1) is 16.3. The molecule has 0 spiro atoms. The van der Waals surface area contributed by atoms with E-state index in [1.165, 1.54) is 0 Å². The van der Waals surface area contributed by atoms with E-state index >= 15 is 0 Å². The zero-order valence-electron chi connectivity index (χ0n) is 20.1. The van der Waals surface area contributed by atoms with Crippen molar-refractivity contribution in [3.63, 3.8) is 0 Å². The first kappa shape index (κ1) is 23.9. The molecule has 1 unspecified atom stereocenters. The molecular formula is C26H33N3O5. The molecule has 1 fully saturated rings. The van der Waals surface area contributed by atoms with Crippen LogP contribution in [0.2, 0.25) is 0 Å². The van der Waals surface area contributed by atoms with E-state index in [0.29, 0.717) is 19.5 Å². The molecule has 8 nitrogen and oxygen atoms in total. The van der Waals surface area contributed by atoms with E-state index in [0.717, 1.165) is 42.3 Å². The molecular weight excluding hydrogens is 434 g/mol. The first-order valence-corrected chi connectivity index (χ1v) is 11.7. The van der Waals surface area contributed by atoms with Gasteiger partial charge in [0.05, 0.1) is 0 Å².